The number of hydrogen-bond donors (Lipinski definition) is 1. The maximum absolute atomic E-state index is 12.9. The Hall–Kier alpha value is -2.22. The number of rotatable bonds is 6. The lowest BCUT2D eigenvalue weighted by molar-refractivity contribution is -0.118. The van der Waals surface area contributed by atoms with Gasteiger partial charge in [0.2, 0.25) is 15.9 Å². The Morgan fingerprint density at radius 3 is 2.50 bits per heavy atom. The number of anilines is 1. The molecule has 2 heterocycles. The molecule has 2 aromatic carbocycles. The van der Waals surface area contributed by atoms with Crippen molar-refractivity contribution in [2.24, 2.45) is 0 Å². The van der Waals surface area contributed by atoms with Crippen LogP contribution in [0.5, 0.6) is 0 Å². The van der Waals surface area contributed by atoms with Gasteiger partial charge in [0.1, 0.15) is 0 Å². The first-order valence-electron chi connectivity index (χ1n) is 10.7. The molecule has 1 N–H and O–H groups in total. The predicted molar refractivity (Wildman–Crippen MR) is 118 cm³/mol. The summed E-state index contributed by atoms with van der Waals surface area (Å²) >= 11 is 0. The fraction of sp³-hybridized carbons (Fsp3) is 0.435. The van der Waals surface area contributed by atoms with E-state index in [0.29, 0.717) is 24.3 Å². The number of nitrogens with one attached hydrogen (secondary N) is 1. The Bertz CT molecular complexity index is 1000. The minimum Gasteiger partial charge on any atom is -0.312 e. The number of benzene rings is 2. The van der Waals surface area contributed by atoms with E-state index < -0.39 is 10.0 Å². The second-order valence-electron chi connectivity index (χ2n) is 8.10. The molecule has 6 nitrogen and oxygen atoms in total. The molecule has 0 aromatic heterocycles. The lowest BCUT2D eigenvalue weighted by Gasteiger charge is -2.32. The van der Waals surface area contributed by atoms with Gasteiger partial charge in [-0.05, 0) is 48.6 Å². The van der Waals surface area contributed by atoms with Crippen molar-refractivity contribution in [2.75, 3.05) is 24.5 Å². The van der Waals surface area contributed by atoms with Crippen molar-refractivity contribution in [2.45, 2.75) is 50.1 Å². The van der Waals surface area contributed by atoms with Crippen molar-refractivity contribution in [3.63, 3.8) is 0 Å². The van der Waals surface area contributed by atoms with Crippen molar-refractivity contribution >= 4 is 21.6 Å². The summed E-state index contributed by atoms with van der Waals surface area (Å²) in [6, 6.07) is 15.4. The molecule has 1 fully saturated rings. The topological polar surface area (TPSA) is 69.7 Å². The van der Waals surface area contributed by atoms with Crippen LogP contribution < -0.4 is 9.62 Å². The molecule has 160 valence electrons. The summed E-state index contributed by atoms with van der Waals surface area (Å²) in [6.07, 6.45) is 2.75. The molecule has 0 saturated carbocycles. The average Bonchev–Trinajstić information content (AvgIpc) is 3.18. The first-order valence-corrected chi connectivity index (χ1v) is 12.2. The molecule has 2 aliphatic rings. The summed E-state index contributed by atoms with van der Waals surface area (Å²) in [5.74, 6) is 0.0738. The summed E-state index contributed by atoms with van der Waals surface area (Å²) in [6.45, 7) is 5.12. The van der Waals surface area contributed by atoms with Crippen molar-refractivity contribution in [1.29, 1.82) is 0 Å². The summed E-state index contributed by atoms with van der Waals surface area (Å²) in [4.78, 5) is 16.5. The number of fused-ring (bicyclic) bond motifs is 1. The van der Waals surface area contributed by atoms with Gasteiger partial charge in [-0.25, -0.2) is 13.1 Å². The second-order valence-corrected chi connectivity index (χ2v) is 9.81. The van der Waals surface area contributed by atoms with Crippen LogP contribution >= 0.6 is 0 Å². The standard InChI is InChI=1S/C23H29N3O3S/c1-2-23(27)26-15-10-19-16-21(8-9-22(19)26)30(28,29)24-20-11-13-25(14-12-20)17-18-6-4-3-5-7-18/h3-9,16,20,24H,2,10-15,17H2,1H3. The quantitative estimate of drug-likeness (QED) is 0.770. The zero-order valence-electron chi connectivity index (χ0n) is 17.4. The summed E-state index contributed by atoms with van der Waals surface area (Å²) in [5, 5.41) is 0. The van der Waals surface area contributed by atoms with Crippen LogP contribution in [0.25, 0.3) is 0 Å². The molecular formula is C23H29N3O3S. The molecule has 1 saturated heterocycles. The molecule has 4 rings (SSSR count). The highest BCUT2D eigenvalue weighted by Crippen LogP contribution is 2.31. The summed E-state index contributed by atoms with van der Waals surface area (Å²) in [7, 11) is -3.57. The fourth-order valence-corrected chi connectivity index (χ4v) is 5.69. The van der Waals surface area contributed by atoms with Gasteiger partial charge in [0, 0.05) is 44.3 Å². The molecule has 30 heavy (non-hydrogen) atoms. The first kappa shape index (κ1) is 21.0. The highest BCUT2D eigenvalue weighted by Gasteiger charge is 2.28. The number of sulfonamides is 1. The fourth-order valence-electron chi connectivity index (χ4n) is 4.33. The second kappa shape index (κ2) is 8.88. The first-order chi connectivity index (χ1) is 14.5. The maximum Gasteiger partial charge on any atom is 0.240 e. The Morgan fingerprint density at radius 1 is 1.07 bits per heavy atom. The van der Waals surface area contributed by atoms with E-state index in [2.05, 4.69) is 21.8 Å². The van der Waals surface area contributed by atoms with Gasteiger partial charge >= 0.3 is 0 Å². The Kier molecular flexibility index (Phi) is 6.22. The maximum atomic E-state index is 12.9. The molecule has 0 atom stereocenters. The number of carbonyl (C=O) groups excluding carboxylic acids is 1. The summed E-state index contributed by atoms with van der Waals surface area (Å²) in [5.41, 5.74) is 3.05. The van der Waals surface area contributed by atoms with E-state index in [1.165, 1.54) is 5.56 Å². The number of nitrogens with zero attached hydrogens (tertiary/aromatic N) is 2. The number of likely N-dealkylation sites (tertiary alicyclic amines) is 1. The van der Waals surface area contributed by atoms with Gasteiger partial charge in [-0.1, -0.05) is 37.3 Å². The van der Waals surface area contributed by atoms with Gasteiger partial charge < -0.3 is 4.90 Å². The van der Waals surface area contributed by atoms with Gasteiger partial charge in [0.05, 0.1) is 4.90 Å². The highest BCUT2D eigenvalue weighted by atomic mass is 32.2. The minimum absolute atomic E-state index is 0.0477. The SMILES string of the molecule is CCC(=O)N1CCc2cc(S(=O)(=O)NC3CCN(Cc4ccccc4)CC3)ccc21. The molecule has 0 spiro atoms. The van der Waals surface area contributed by atoms with E-state index in [0.717, 1.165) is 43.7 Å². The van der Waals surface area contributed by atoms with Crippen LogP contribution in [0.15, 0.2) is 53.4 Å². The minimum atomic E-state index is -3.57. The third-order valence-corrected chi connectivity index (χ3v) is 7.54. The van der Waals surface area contributed by atoms with Crippen LogP contribution in [0.3, 0.4) is 0 Å². The predicted octanol–water partition coefficient (Wildman–Crippen LogP) is 2.93. The molecule has 7 heteroatoms. The highest BCUT2D eigenvalue weighted by molar-refractivity contribution is 7.89. The van der Waals surface area contributed by atoms with E-state index in [1.54, 1.807) is 23.1 Å². The van der Waals surface area contributed by atoms with Gasteiger partial charge in [0.15, 0.2) is 0 Å². The van der Waals surface area contributed by atoms with Crippen LogP contribution in [-0.2, 0) is 27.8 Å². The number of amides is 1. The molecular weight excluding hydrogens is 398 g/mol. The zero-order valence-corrected chi connectivity index (χ0v) is 18.2. The van der Waals surface area contributed by atoms with Crippen molar-refractivity contribution in [3.8, 4) is 0 Å². The lowest BCUT2D eigenvalue weighted by Crippen LogP contribution is -2.44. The molecule has 1 amide bonds. The third-order valence-electron chi connectivity index (χ3n) is 6.02. The Morgan fingerprint density at radius 2 is 1.80 bits per heavy atom. The van der Waals surface area contributed by atoms with Crippen molar-refractivity contribution in [1.82, 2.24) is 9.62 Å². The number of hydrogen-bond acceptors (Lipinski definition) is 4. The lowest BCUT2D eigenvalue weighted by atomic mass is 10.1. The average molecular weight is 428 g/mol. The Labute approximate surface area is 178 Å². The van der Waals surface area contributed by atoms with Crippen molar-refractivity contribution in [3.05, 3.63) is 59.7 Å². The van der Waals surface area contributed by atoms with Crippen LogP contribution in [0.1, 0.15) is 37.3 Å². The van der Waals surface area contributed by atoms with Gasteiger partial charge in [-0.2, -0.15) is 0 Å². The molecule has 0 bridgehead atoms. The van der Waals surface area contributed by atoms with Gasteiger partial charge in [-0.3, -0.25) is 9.69 Å². The van der Waals surface area contributed by atoms with Crippen LogP contribution in [-0.4, -0.2) is 44.9 Å². The largest absolute Gasteiger partial charge is 0.312 e. The molecule has 0 unspecified atom stereocenters. The summed E-state index contributed by atoms with van der Waals surface area (Å²) < 4.78 is 28.8. The van der Waals surface area contributed by atoms with E-state index in [4.69, 9.17) is 0 Å². The molecule has 0 aliphatic carbocycles. The van der Waals surface area contributed by atoms with E-state index in [-0.39, 0.29) is 11.9 Å². The van der Waals surface area contributed by atoms with Gasteiger partial charge in [-0.15, -0.1) is 0 Å². The third kappa shape index (κ3) is 4.58. The number of piperidine rings is 1. The normalized spacial score (nSPS) is 17.8. The smallest absolute Gasteiger partial charge is 0.240 e. The zero-order chi connectivity index (χ0) is 21.1. The van der Waals surface area contributed by atoms with Crippen LogP contribution in [0, 0.1) is 0 Å². The van der Waals surface area contributed by atoms with E-state index >= 15 is 0 Å². The Balaban J connectivity index is 1.37. The van der Waals surface area contributed by atoms with Crippen LogP contribution in [0.4, 0.5) is 5.69 Å². The molecule has 2 aromatic rings. The number of carbonyl (C=O) groups is 1. The van der Waals surface area contributed by atoms with Gasteiger partial charge in [0.25, 0.3) is 0 Å². The van der Waals surface area contributed by atoms with Crippen LogP contribution in [0.2, 0.25) is 0 Å². The molecule has 2 aliphatic heterocycles. The molecule has 0 radical (unpaired) electrons. The van der Waals surface area contributed by atoms with E-state index in [1.807, 2.05) is 25.1 Å². The monoisotopic (exact) mass is 427 g/mol. The van der Waals surface area contributed by atoms with Crippen molar-refractivity contribution < 1.29 is 13.2 Å². The van der Waals surface area contributed by atoms with E-state index in [9.17, 15) is 13.2 Å².